The summed E-state index contributed by atoms with van der Waals surface area (Å²) in [5.41, 5.74) is 1.60. The largest absolute Gasteiger partial charge is 0.497 e. The number of furan rings is 1. The fourth-order valence-electron chi connectivity index (χ4n) is 4.18. The molecule has 2 aromatic heterocycles. The summed E-state index contributed by atoms with van der Waals surface area (Å²) in [6.07, 6.45) is 1.58. The van der Waals surface area contributed by atoms with Gasteiger partial charge in [-0.15, -0.1) is 0 Å². The molecule has 1 amide bonds. The van der Waals surface area contributed by atoms with Crippen LogP contribution in [0.1, 0.15) is 5.76 Å². The molecule has 3 heterocycles. The van der Waals surface area contributed by atoms with E-state index in [1.165, 1.54) is 11.8 Å². The second-order valence-corrected chi connectivity index (χ2v) is 9.18. The second kappa shape index (κ2) is 10.3. The molecule has 8 nitrogen and oxygen atoms in total. The summed E-state index contributed by atoms with van der Waals surface area (Å²) in [6.45, 7) is 3.09. The lowest BCUT2D eigenvalue weighted by molar-refractivity contribution is -0.128. The molecule has 0 aliphatic carbocycles. The highest BCUT2D eigenvalue weighted by Gasteiger charge is 2.22. The molecule has 0 atom stereocenters. The van der Waals surface area contributed by atoms with Crippen molar-refractivity contribution in [2.75, 3.05) is 43.9 Å². The molecule has 4 aromatic rings. The summed E-state index contributed by atoms with van der Waals surface area (Å²) >= 11 is 1.29. The van der Waals surface area contributed by atoms with Crippen molar-refractivity contribution >= 4 is 34.3 Å². The number of thioether (sulfide) groups is 1. The number of aromatic nitrogens is 2. The second-order valence-electron chi connectivity index (χ2n) is 8.24. The summed E-state index contributed by atoms with van der Waals surface area (Å²) in [4.78, 5) is 35.0. The number of fused-ring (bicyclic) bond motifs is 1. The van der Waals surface area contributed by atoms with Gasteiger partial charge in [-0.25, -0.2) is 4.98 Å². The Morgan fingerprint density at radius 3 is 2.51 bits per heavy atom. The average Bonchev–Trinajstić information content (AvgIpc) is 3.43. The first-order valence-electron chi connectivity index (χ1n) is 11.4. The van der Waals surface area contributed by atoms with Gasteiger partial charge in [0.15, 0.2) is 5.16 Å². The Hall–Kier alpha value is -3.72. The highest BCUT2D eigenvalue weighted by Crippen LogP contribution is 2.22. The quantitative estimate of drug-likeness (QED) is 0.290. The number of carbonyl (C=O) groups excluding carboxylic acids is 1. The maximum atomic E-state index is 13.2. The number of benzene rings is 2. The molecule has 0 unspecified atom stereocenters. The third-order valence-corrected chi connectivity index (χ3v) is 7.08. The number of methoxy groups -OCH3 is 1. The first-order chi connectivity index (χ1) is 17.1. The van der Waals surface area contributed by atoms with Crippen molar-refractivity contribution in [3.63, 3.8) is 0 Å². The number of ether oxygens (including phenoxy) is 1. The van der Waals surface area contributed by atoms with Gasteiger partial charge in [0.1, 0.15) is 11.5 Å². The van der Waals surface area contributed by atoms with Gasteiger partial charge < -0.3 is 19.0 Å². The number of rotatable bonds is 7. The van der Waals surface area contributed by atoms with Crippen LogP contribution in [0.2, 0.25) is 0 Å². The first kappa shape index (κ1) is 23.0. The molecule has 0 radical (unpaired) electrons. The van der Waals surface area contributed by atoms with Crippen LogP contribution in [-0.2, 0) is 11.3 Å². The van der Waals surface area contributed by atoms with Gasteiger partial charge in [0, 0.05) is 31.9 Å². The van der Waals surface area contributed by atoms with Gasteiger partial charge in [0.2, 0.25) is 5.91 Å². The van der Waals surface area contributed by atoms with Gasteiger partial charge in [-0.2, -0.15) is 0 Å². The number of piperazine rings is 1. The molecule has 1 saturated heterocycles. The van der Waals surface area contributed by atoms with E-state index in [1.807, 2.05) is 53.4 Å². The molecule has 2 aromatic carbocycles. The summed E-state index contributed by atoms with van der Waals surface area (Å²) in [5, 5.41) is 1.06. The van der Waals surface area contributed by atoms with Crippen LogP contribution in [0, 0.1) is 0 Å². The normalized spacial score (nSPS) is 13.9. The van der Waals surface area contributed by atoms with Crippen LogP contribution < -0.4 is 15.2 Å². The number of amides is 1. The van der Waals surface area contributed by atoms with Crippen LogP contribution in [0.5, 0.6) is 5.75 Å². The Morgan fingerprint density at radius 1 is 1.03 bits per heavy atom. The van der Waals surface area contributed by atoms with Crippen LogP contribution in [0.25, 0.3) is 10.9 Å². The van der Waals surface area contributed by atoms with E-state index in [0.29, 0.717) is 34.9 Å². The van der Waals surface area contributed by atoms with E-state index in [4.69, 9.17) is 14.1 Å². The zero-order valence-corrected chi connectivity index (χ0v) is 20.2. The average molecular weight is 491 g/mol. The maximum Gasteiger partial charge on any atom is 0.262 e. The SMILES string of the molecule is COc1ccc(N2CCN(C(=O)CSc3nc4ccccc4c(=O)n3Cc3ccco3)CC2)cc1. The van der Waals surface area contributed by atoms with Crippen LogP contribution in [0.3, 0.4) is 0 Å². The van der Waals surface area contributed by atoms with E-state index in [9.17, 15) is 9.59 Å². The van der Waals surface area contributed by atoms with Gasteiger partial charge in [-0.05, 0) is 48.5 Å². The highest BCUT2D eigenvalue weighted by atomic mass is 32.2. The van der Waals surface area contributed by atoms with Crippen LogP contribution >= 0.6 is 11.8 Å². The van der Waals surface area contributed by atoms with Crippen molar-refractivity contribution in [1.82, 2.24) is 14.5 Å². The predicted molar refractivity (Wildman–Crippen MR) is 136 cm³/mol. The van der Waals surface area contributed by atoms with Crippen molar-refractivity contribution < 1.29 is 13.9 Å². The van der Waals surface area contributed by atoms with Crippen molar-refractivity contribution in [3.05, 3.63) is 83.0 Å². The third-order valence-electron chi connectivity index (χ3n) is 6.12. The van der Waals surface area contributed by atoms with Crippen LogP contribution in [0.15, 0.2) is 81.3 Å². The Bertz CT molecular complexity index is 1360. The number of anilines is 1. The molecule has 1 aliphatic rings. The number of hydrogen-bond acceptors (Lipinski definition) is 7. The lowest BCUT2D eigenvalue weighted by atomic mass is 10.2. The van der Waals surface area contributed by atoms with Crippen LogP contribution in [0.4, 0.5) is 5.69 Å². The Balaban J connectivity index is 1.26. The van der Waals surface area contributed by atoms with Crippen molar-refractivity contribution in [3.8, 4) is 5.75 Å². The fraction of sp³-hybridized carbons (Fsp3) is 0.269. The van der Waals surface area contributed by atoms with Gasteiger partial charge in [-0.1, -0.05) is 23.9 Å². The van der Waals surface area contributed by atoms with Gasteiger partial charge in [0.05, 0.1) is 36.6 Å². The number of hydrogen-bond donors (Lipinski definition) is 0. The van der Waals surface area contributed by atoms with E-state index in [0.717, 1.165) is 24.5 Å². The first-order valence-corrected chi connectivity index (χ1v) is 12.4. The topological polar surface area (TPSA) is 80.8 Å². The van der Waals surface area contributed by atoms with Crippen LogP contribution in [-0.4, -0.2) is 59.4 Å². The number of carbonyl (C=O) groups is 1. The van der Waals surface area contributed by atoms with Crippen molar-refractivity contribution in [2.24, 2.45) is 0 Å². The summed E-state index contributed by atoms with van der Waals surface area (Å²) in [6, 6.07) is 18.8. The van der Waals surface area contributed by atoms with Crippen molar-refractivity contribution in [2.45, 2.75) is 11.7 Å². The summed E-state index contributed by atoms with van der Waals surface area (Å²) in [5.74, 6) is 1.74. The molecule has 0 spiro atoms. The molecule has 0 saturated carbocycles. The Labute approximate surface area is 207 Å². The molecule has 180 valence electrons. The molecule has 0 bridgehead atoms. The van der Waals surface area contributed by atoms with Crippen molar-refractivity contribution in [1.29, 1.82) is 0 Å². The third kappa shape index (κ3) is 5.05. The molecule has 9 heteroatoms. The monoisotopic (exact) mass is 490 g/mol. The van der Waals surface area contributed by atoms with E-state index >= 15 is 0 Å². The van der Waals surface area contributed by atoms with E-state index in [1.54, 1.807) is 30.1 Å². The minimum Gasteiger partial charge on any atom is -0.497 e. The standard InChI is InChI=1S/C26H26N4O4S/c1-33-20-10-8-19(9-11-20)28-12-14-29(15-13-28)24(31)18-35-26-27-23-7-3-2-6-22(23)25(32)30(26)17-21-5-4-16-34-21/h2-11,16H,12-15,17-18H2,1H3. The molecule has 5 rings (SSSR count). The summed E-state index contributed by atoms with van der Waals surface area (Å²) in [7, 11) is 1.65. The molecule has 1 fully saturated rings. The van der Waals surface area contributed by atoms with E-state index < -0.39 is 0 Å². The zero-order valence-electron chi connectivity index (χ0n) is 19.4. The van der Waals surface area contributed by atoms with E-state index in [2.05, 4.69) is 4.90 Å². The predicted octanol–water partition coefficient (Wildman–Crippen LogP) is 3.49. The maximum absolute atomic E-state index is 13.2. The molecular formula is C26H26N4O4S. The van der Waals surface area contributed by atoms with Gasteiger partial charge in [0.25, 0.3) is 5.56 Å². The number of para-hydroxylation sites is 1. The zero-order chi connectivity index (χ0) is 24.2. The van der Waals surface area contributed by atoms with Gasteiger partial charge in [-0.3, -0.25) is 14.2 Å². The number of nitrogens with zero attached hydrogens (tertiary/aromatic N) is 4. The molecule has 1 aliphatic heterocycles. The lowest BCUT2D eigenvalue weighted by Gasteiger charge is -2.36. The minimum absolute atomic E-state index is 0.0383. The Kier molecular flexibility index (Phi) is 6.76. The lowest BCUT2D eigenvalue weighted by Crippen LogP contribution is -2.49. The summed E-state index contributed by atoms with van der Waals surface area (Å²) < 4.78 is 12.3. The fourth-order valence-corrected chi connectivity index (χ4v) is 5.08. The Morgan fingerprint density at radius 2 is 1.80 bits per heavy atom. The molecule has 0 N–H and O–H groups in total. The van der Waals surface area contributed by atoms with Gasteiger partial charge >= 0.3 is 0 Å². The molecular weight excluding hydrogens is 464 g/mol. The highest BCUT2D eigenvalue weighted by molar-refractivity contribution is 7.99. The van der Waals surface area contributed by atoms with E-state index in [-0.39, 0.29) is 23.8 Å². The minimum atomic E-state index is -0.143. The molecule has 35 heavy (non-hydrogen) atoms. The smallest absolute Gasteiger partial charge is 0.262 e.